The Morgan fingerprint density at radius 3 is 2.96 bits per heavy atom. The molecule has 0 aliphatic heterocycles. The number of para-hydroxylation sites is 1. The van der Waals surface area contributed by atoms with E-state index in [2.05, 4.69) is 35.7 Å². The Labute approximate surface area is 147 Å². The average molecular weight is 339 g/mol. The molecule has 5 aromatic rings. The van der Waals surface area contributed by atoms with Gasteiger partial charge < -0.3 is 4.98 Å². The minimum atomic E-state index is 0.336. The molecule has 26 heavy (non-hydrogen) atoms. The van der Waals surface area contributed by atoms with Crippen LogP contribution in [-0.4, -0.2) is 31.4 Å². The molecule has 2 N–H and O–H groups in total. The third-order valence-corrected chi connectivity index (χ3v) is 4.13. The normalized spacial score (nSPS) is 11.7. The van der Waals surface area contributed by atoms with Gasteiger partial charge in [-0.15, -0.1) is 10.2 Å². The number of anilines is 1. The molecule has 124 valence electrons. The van der Waals surface area contributed by atoms with Gasteiger partial charge in [-0.2, -0.15) is 10.1 Å². The summed E-state index contributed by atoms with van der Waals surface area (Å²) in [5, 5.41) is 14.6. The van der Waals surface area contributed by atoms with Gasteiger partial charge in [0, 0.05) is 22.5 Å². The highest BCUT2D eigenvalue weighted by Gasteiger charge is 2.07. The molecule has 0 saturated heterocycles. The van der Waals surface area contributed by atoms with E-state index in [1.807, 2.05) is 54.6 Å². The lowest BCUT2D eigenvalue weighted by atomic mass is 10.1. The Hall–Kier alpha value is -3.87. The quantitative estimate of drug-likeness (QED) is 0.388. The van der Waals surface area contributed by atoms with E-state index in [4.69, 9.17) is 0 Å². The second-order valence-electron chi connectivity index (χ2n) is 5.83. The van der Waals surface area contributed by atoms with Crippen molar-refractivity contribution in [2.75, 3.05) is 5.43 Å². The summed E-state index contributed by atoms with van der Waals surface area (Å²) >= 11 is 0. The van der Waals surface area contributed by atoms with Crippen molar-refractivity contribution in [1.82, 2.24) is 25.1 Å². The largest absolute Gasteiger partial charge is 0.338 e. The second-order valence-corrected chi connectivity index (χ2v) is 5.83. The van der Waals surface area contributed by atoms with E-state index in [9.17, 15) is 0 Å². The predicted octanol–water partition coefficient (Wildman–Crippen LogP) is 3.50. The minimum Gasteiger partial charge on any atom is -0.338 e. The fourth-order valence-corrected chi connectivity index (χ4v) is 2.91. The first-order chi connectivity index (χ1) is 12.9. The van der Waals surface area contributed by atoms with Crippen LogP contribution in [0.1, 0.15) is 5.56 Å². The lowest BCUT2D eigenvalue weighted by molar-refractivity contribution is 1.01. The maximum Gasteiger partial charge on any atom is 0.265 e. The van der Waals surface area contributed by atoms with Crippen molar-refractivity contribution >= 4 is 45.1 Å². The number of H-pyrrole nitrogens is 1. The van der Waals surface area contributed by atoms with Crippen LogP contribution >= 0.6 is 0 Å². The van der Waals surface area contributed by atoms with Crippen LogP contribution in [0.15, 0.2) is 65.9 Å². The van der Waals surface area contributed by atoms with Crippen molar-refractivity contribution in [3.05, 3.63) is 66.4 Å². The Balaban J connectivity index is 1.41. The molecule has 0 saturated carbocycles. The summed E-state index contributed by atoms with van der Waals surface area (Å²) in [6.45, 7) is 0. The van der Waals surface area contributed by atoms with Gasteiger partial charge in [-0.05, 0) is 29.8 Å². The molecule has 3 aromatic heterocycles. The van der Waals surface area contributed by atoms with E-state index in [0.717, 1.165) is 32.9 Å². The van der Waals surface area contributed by atoms with Crippen LogP contribution in [0.5, 0.6) is 0 Å². The lowest BCUT2D eigenvalue weighted by Gasteiger charge is -1.99. The van der Waals surface area contributed by atoms with Crippen molar-refractivity contribution in [1.29, 1.82) is 0 Å². The van der Waals surface area contributed by atoms with Gasteiger partial charge in [0.2, 0.25) is 0 Å². The molecule has 3 heterocycles. The van der Waals surface area contributed by atoms with Gasteiger partial charge in [-0.3, -0.25) is 4.98 Å². The topological polar surface area (TPSA) is 91.7 Å². The molecule has 0 unspecified atom stereocenters. The summed E-state index contributed by atoms with van der Waals surface area (Å²) in [6, 6.07) is 17.8. The molecular formula is C19H13N7. The number of hydrazone groups is 1. The van der Waals surface area contributed by atoms with E-state index >= 15 is 0 Å². The summed E-state index contributed by atoms with van der Waals surface area (Å²) in [4.78, 5) is 12.0. The Kier molecular flexibility index (Phi) is 3.28. The van der Waals surface area contributed by atoms with Gasteiger partial charge in [0.15, 0.2) is 5.65 Å². The fourth-order valence-electron chi connectivity index (χ4n) is 2.91. The van der Waals surface area contributed by atoms with E-state index in [0.29, 0.717) is 11.6 Å². The molecule has 0 radical (unpaired) electrons. The van der Waals surface area contributed by atoms with Crippen LogP contribution in [0.3, 0.4) is 0 Å². The minimum absolute atomic E-state index is 0.336. The first-order valence-corrected chi connectivity index (χ1v) is 8.12. The summed E-state index contributed by atoms with van der Waals surface area (Å²) in [6.07, 6.45) is 3.49. The van der Waals surface area contributed by atoms with Gasteiger partial charge in [-0.1, -0.05) is 30.3 Å². The first-order valence-electron chi connectivity index (χ1n) is 8.12. The third kappa shape index (κ3) is 2.51. The number of benzene rings is 2. The SMILES string of the molecule is C(=NNc1nnc2c(n1)[nH]c1ccccc12)c1ccc2ncccc2c1. The second kappa shape index (κ2) is 5.89. The van der Waals surface area contributed by atoms with Crippen LogP contribution in [0, 0.1) is 0 Å². The molecule has 0 bridgehead atoms. The monoisotopic (exact) mass is 339 g/mol. The highest BCUT2D eigenvalue weighted by molar-refractivity contribution is 6.03. The number of rotatable bonds is 3. The molecule has 0 spiro atoms. The number of pyridine rings is 1. The van der Waals surface area contributed by atoms with Crippen molar-refractivity contribution in [2.24, 2.45) is 5.10 Å². The lowest BCUT2D eigenvalue weighted by Crippen LogP contribution is -1.99. The Morgan fingerprint density at radius 1 is 1.00 bits per heavy atom. The zero-order valence-electron chi connectivity index (χ0n) is 13.6. The molecule has 7 heteroatoms. The highest BCUT2D eigenvalue weighted by Crippen LogP contribution is 2.21. The third-order valence-electron chi connectivity index (χ3n) is 4.13. The smallest absolute Gasteiger partial charge is 0.265 e. The van der Waals surface area contributed by atoms with E-state index in [1.54, 1.807) is 12.4 Å². The van der Waals surface area contributed by atoms with E-state index in [-0.39, 0.29) is 0 Å². The predicted molar refractivity (Wildman–Crippen MR) is 102 cm³/mol. The van der Waals surface area contributed by atoms with Crippen molar-refractivity contribution in [2.45, 2.75) is 0 Å². The molecular weight excluding hydrogens is 326 g/mol. The van der Waals surface area contributed by atoms with Crippen molar-refractivity contribution < 1.29 is 0 Å². The van der Waals surface area contributed by atoms with Crippen molar-refractivity contribution in [3.8, 4) is 0 Å². The number of nitrogens with zero attached hydrogens (tertiary/aromatic N) is 5. The molecule has 0 aliphatic carbocycles. The van der Waals surface area contributed by atoms with Crippen LogP contribution < -0.4 is 5.43 Å². The Morgan fingerprint density at radius 2 is 1.96 bits per heavy atom. The molecule has 7 nitrogen and oxygen atoms in total. The van der Waals surface area contributed by atoms with Crippen LogP contribution in [0.2, 0.25) is 0 Å². The van der Waals surface area contributed by atoms with E-state index < -0.39 is 0 Å². The number of aromatic amines is 1. The average Bonchev–Trinajstić information content (AvgIpc) is 3.06. The molecule has 0 amide bonds. The molecule has 0 fully saturated rings. The van der Waals surface area contributed by atoms with Crippen molar-refractivity contribution in [3.63, 3.8) is 0 Å². The molecule has 2 aromatic carbocycles. The maximum atomic E-state index is 4.43. The molecule has 5 rings (SSSR count). The summed E-state index contributed by atoms with van der Waals surface area (Å²) in [7, 11) is 0. The van der Waals surface area contributed by atoms with Gasteiger partial charge in [-0.25, -0.2) is 5.43 Å². The fraction of sp³-hybridized carbons (Fsp3) is 0. The number of hydrogen-bond donors (Lipinski definition) is 2. The zero-order chi connectivity index (χ0) is 17.3. The van der Waals surface area contributed by atoms with Crippen LogP contribution in [0.25, 0.3) is 33.0 Å². The van der Waals surface area contributed by atoms with Gasteiger partial charge in [0.05, 0.1) is 11.7 Å². The van der Waals surface area contributed by atoms with Crippen LogP contribution in [0.4, 0.5) is 5.95 Å². The highest BCUT2D eigenvalue weighted by atomic mass is 15.4. The summed E-state index contributed by atoms with van der Waals surface area (Å²) in [5.41, 5.74) is 7.14. The van der Waals surface area contributed by atoms with Gasteiger partial charge in [0.25, 0.3) is 5.95 Å². The molecule has 0 atom stereocenters. The summed E-state index contributed by atoms with van der Waals surface area (Å²) in [5.74, 6) is 0.336. The summed E-state index contributed by atoms with van der Waals surface area (Å²) < 4.78 is 0. The first kappa shape index (κ1) is 14.5. The standard InChI is InChI=1S/C19H13N7/c1-2-6-16-14(5-1)17-18(22-16)23-19(26-24-17)25-21-11-12-7-8-15-13(10-12)4-3-9-20-15/h1-11H,(H2,22,23,25,26). The molecule has 0 aliphatic rings. The maximum absolute atomic E-state index is 4.43. The number of nitrogens with one attached hydrogen (secondary N) is 2. The number of fused-ring (bicyclic) bond motifs is 4. The number of aromatic nitrogens is 5. The Bertz CT molecular complexity index is 1270. The number of hydrogen-bond acceptors (Lipinski definition) is 6. The van der Waals surface area contributed by atoms with Crippen LogP contribution in [-0.2, 0) is 0 Å². The van der Waals surface area contributed by atoms with Gasteiger partial charge >= 0.3 is 0 Å². The zero-order valence-corrected chi connectivity index (χ0v) is 13.6. The van der Waals surface area contributed by atoms with E-state index in [1.165, 1.54) is 0 Å². The van der Waals surface area contributed by atoms with Gasteiger partial charge in [0.1, 0.15) is 5.52 Å².